The van der Waals surface area contributed by atoms with E-state index in [1.54, 1.807) is 4.68 Å². The lowest BCUT2D eigenvalue weighted by Gasteiger charge is -2.29. The number of carbonyl (C=O) groups excluding carboxylic acids is 2. The fourth-order valence-corrected chi connectivity index (χ4v) is 4.84. The third kappa shape index (κ3) is 2.83. The van der Waals surface area contributed by atoms with Crippen LogP contribution in [-0.4, -0.2) is 50.5 Å². The van der Waals surface area contributed by atoms with Gasteiger partial charge in [0.2, 0.25) is 0 Å². The van der Waals surface area contributed by atoms with E-state index < -0.39 is 0 Å². The maximum atomic E-state index is 13.5. The predicted molar refractivity (Wildman–Crippen MR) is 114 cm³/mol. The smallest absolute Gasteiger partial charge is 0.273 e. The lowest BCUT2D eigenvalue weighted by atomic mass is 10.1. The van der Waals surface area contributed by atoms with Gasteiger partial charge in [0.15, 0.2) is 0 Å². The number of amides is 2. The van der Waals surface area contributed by atoms with Gasteiger partial charge < -0.3 is 9.80 Å². The van der Waals surface area contributed by atoms with Crippen LogP contribution in [0.15, 0.2) is 60.7 Å². The highest BCUT2D eigenvalue weighted by Gasteiger charge is 2.45. The van der Waals surface area contributed by atoms with Crippen LogP contribution in [0.2, 0.25) is 0 Å². The maximum Gasteiger partial charge on any atom is 0.273 e. The summed E-state index contributed by atoms with van der Waals surface area (Å²) in [4.78, 5) is 30.2. The number of likely N-dealkylation sites (tertiary alicyclic amines) is 1. The van der Waals surface area contributed by atoms with Gasteiger partial charge in [-0.15, -0.1) is 0 Å². The van der Waals surface area contributed by atoms with E-state index >= 15 is 0 Å². The summed E-state index contributed by atoms with van der Waals surface area (Å²) >= 11 is 0. The summed E-state index contributed by atoms with van der Waals surface area (Å²) in [6.07, 6.45) is 0.788. The number of carbonyl (C=O) groups is 2. The van der Waals surface area contributed by atoms with Crippen LogP contribution in [0.4, 0.5) is 0 Å². The van der Waals surface area contributed by atoms with Gasteiger partial charge in [-0.2, -0.15) is 5.10 Å². The number of benzene rings is 2. The van der Waals surface area contributed by atoms with Crippen molar-refractivity contribution in [1.82, 2.24) is 19.6 Å². The van der Waals surface area contributed by atoms with E-state index in [0.717, 1.165) is 23.4 Å². The van der Waals surface area contributed by atoms with Gasteiger partial charge in [0.1, 0.15) is 5.69 Å². The molecule has 2 aliphatic rings. The first-order valence-electron chi connectivity index (χ1n) is 10.4. The van der Waals surface area contributed by atoms with Crippen LogP contribution in [0, 0.1) is 6.92 Å². The molecule has 5 rings (SSSR count). The molecule has 152 valence electrons. The van der Waals surface area contributed by atoms with Gasteiger partial charge in [0, 0.05) is 24.2 Å². The number of rotatable bonds is 3. The quantitative estimate of drug-likeness (QED) is 0.675. The summed E-state index contributed by atoms with van der Waals surface area (Å²) in [7, 11) is 0. The molecule has 6 heteroatoms. The van der Waals surface area contributed by atoms with E-state index in [2.05, 4.69) is 12.0 Å². The second-order valence-electron chi connectivity index (χ2n) is 8.04. The number of aryl methyl sites for hydroxylation is 1. The Morgan fingerprint density at radius 3 is 2.40 bits per heavy atom. The predicted octanol–water partition coefficient (Wildman–Crippen LogP) is 3.61. The Kier molecular flexibility index (Phi) is 4.42. The van der Waals surface area contributed by atoms with Crippen molar-refractivity contribution in [3.8, 4) is 5.69 Å². The number of hydrogen-bond donors (Lipinski definition) is 0. The van der Waals surface area contributed by atoms with E-state index in [0.29, 0.717) is 24.3 Å². The van der Waals surface area contributed by atoms with Crippen molar-refractivity contribution in [1.29, 1.82) is 0 Å². The maximum absolute atomic E-state index is 13.5. The van der Waals surface area contributed by atoms with Gasteiger partial charge in [0.25, 0.3) is 11.8 Å². The van der Waals surface area contributed by atoms with E-state index in [1.807, 2.05) is 77.4 Å². The molecule has 0 bridgehead atoms. The molecule has 0 N–H and O–H groups in total. The second-order valence-corrected chi connectivity index (χ2v) is 8.04. The highest BCUT2D eigenvalue weighted by atomic mass is 16.2. The van der Waals surface area contributed by atoms with Crippen molar-refractivity contribution in [3.05, 3.63) is 83.2 Å². The van der Waals surface area contributed by atoms with Gasteiger partial charge in [-0.25, -0.2) is 4.68 Å². The molecule has 2 aliphatic heterocycles. The molecule has 1 fully saturated rings. The first-order chi connectivity index (χ1) is 14.6. The van der Waals surface area contributed by atoms with Crippen LogP contribution >= 0.6 is 0 Å². The summed E-state index contributed by atoms with van der Waals surface area (Å²) in [6.45, 7) is 5.25. The van der Waals surface area contributed by atoms with Crippen LogP contribution in [0.3, 0.4) is 0 Å². The van der Waals surface area contributed by atoms with Crippen LogP contribution < -0.4 is 0 Å². The Bertz CT molecular complexity index is 1110. The molecule has 0 aliphatic carbocycles. The van der Waals surface area contributed by atoms with Crippen LogP contribution in [0.25, 0.3) is 5.69 Å². The van der Waals surface area contributed by atoms with Gasteiger partial charge in [-0.3, -0.25) is 9.59 Å². The Morgan fingerprint density at radius 1 is 1.03 bits per heavy atom. The number of aromatic nitrogens is 2. The molecule has 3 heterocycles. The molecule has 3 aromatic rings. The molecular weight excluding hydrogens is 376 g/mol. The zero-order valence-electron chi connectivity index (χ0n) is 17.2. The number of para-hydroxylation sites is 1. The lowest BCUT2D eigenvalue weighted by Crippen LogP contribution is -2.41. The number of hydrogen-bond acceptors (Lipinski definition) is 3. The molecule has 0 radical (unpaired) electrons. The van der Waals surface area contributed by atoms with Crippen molar-refractivity contribution in [2.45, 2.75) is 32.4 Å². The van der Waals surface area contributed by atoms with Crippen molar-refractivity contribution in [2.75, 3.05) is 13.1 Å². The molecule has 0 spiro atoms. The van der Waals surface area contributed by atoms with Crippen molar-refractivity contribution in [3.63, 3.8) is 0 Å². The van der Waals surface area contributed by atoms with E-state index in [9.17, 15) is 9.59 Å². The minimum atomic E-state index is -0.0539. The van der Waals surface area contributed by atoms with Crippen molar-refractivity contribution in [2.24, 2.45) is 0 Å². The first-order valence-corrected chi connectivity index (χ1v) is 10.4. The minimum Gasteiger partial charge on any atom is -0.337 e. The molecule has 1 aromatic heterocycles. The highest BCUT2D eigenvalue weighted by Crippen LogP contribution is 2.39. The fraction of sp³-hybridized carbons (Fsp3) is 0.292. The number of nitrogens with zero attached hydrogens (tertiary/aromatic N) is 4. The molecule has 0 saturated carbocycles. The fourth-order valence-electron chi connectivity index (χ4n) is 4.84. The SMILES string of the molecule is Cc1nn(-c2ccccc2)c2c1C(C)N(C1CCN(C(=O)c3ccccc3)C1)C2=O. The van der Waals surface area contributed by atoms with Crippen LogP contribution in [-0.2, 0) is 0 Å². The topological polar surface area (TPSA) is 58.4 Å². The normalized spacial score (nSPS) is 20.7. The molecule has 30 heavy (non-hydrogen) atoms. The second kappa shape index (κ2) is 7.13. The first kappa shape index (κ1) is 18.6. The van der Waals surface area contributed by atoms with E-state index in [-0.39, 0.29) is 23.9 Å². The molecule has 1 saturated heterocycles. The molecule has 2 amide bonds. The van der Waals surface area contributed by atoms with Gasteiger partial charge in [-0.05, 0) is 44.5 Å². The van der Waals surface area contributed by atoms with Gasteiger partial charge in [0.05, 0.1) is 23.5 Å². The molecule has 2 aromatic carbocycles. The highest BCUT2D eigenvalue weighted by molar-refractivity contribution is 5.99. The summed E-state index contributed by atoms with van der Waals surface area (Å²) in [5, 5.41) is 4.65. The zero-order valence-corrected chi connectivity index (χ0v) is 17.2. The van der Waals surface area contributed by atoms with E-state index in [4.69, 9.17) is 0 Å². The molecule has 2 atom stereocenters. The minimum absolute atomic E-state index is 0.000892. The monoisotopic (exact) mass is 400 g/mol. The Hall–Kier alpha value is -3.41. The Balaban J connectivity index is 1.41. The van der Waals surface area contributed by atoms with Gasteiger partial charge >= 0.3 is 0 Å². The standard InChI is InChI=1S/C24H24N4O2/c1-16-21-17(2)27(24(30)22(21)28(25-16)19-11-7-4-8-12-19)20-13-14-26(15-20)23(29)18-9-5-3-6-10-18/h3-12,17,20H,13-15H2,1-2H3. The molecular formula is C24H24N4O2. The summed E-state index contributed by atoms with van der Waals surface area (Å²) in [5.41, 5.74) is 4.11. The van der Waals surface area contributed by atoms with Gasteiger partial charge in [-0.1, -0.05) is 36.4 Å². The molecule has 6 nitrogen and oxygen atoms in total. The zero-order chi connectivity index (χ0) is 20.8. The number of fused-ring (bicyclic) bond motifs is 1. The lowest BCUT2D eigenvalue weighted by molar-refractivity contribution is 0.0618. The Morgan fingerprint density at radius 2 is 1.70 bits per heavy atom. The van der Waals surface area contributed by atoms with Crippen LogP contribution in [0.5, 0.6) is 0 Å². The average Bonchev–Trinajstić information content (AvgIpc) is 3.45. The van der Waals surface area contributed by atoms with Crippen molar-refractivity contribution < 1.29 is 9.59 Å². The average molecular weight is 400 g/mol. The largest absolute Gasteiger partial charge is 0.337 e. The van der Waals surface area contributed by atoms with E-state index in [1.165, 1.54) is 0 Å². The third-order valence-corrected chi connectivity index (χ3v) is 6.24. The Labute approximate surface area is 175 Å². The van der Waals surface area contributed by atoms with Crippen molar-refractivity contribution >= 4 is 11.8 Å². The summed E-state index contributed by atoms with van der Waals surface area (Å²) in [5.74, 6) is 0.0301. The summed E-state index contributed by atoms with van der Waals surface area (Å²) in [6, 6.07) is 19.1. The molecule has 2 unspecified atom stereocenters. The van der Waals surface area contributed by atoms with Crippen LogP contribution in [0.1, 0.15) is 51.5 Å². The third-order valence-electron chi connectivity index (χ3n) is 6.24. The summed E-state index contributed by atoms with van der Waals surface area (Å²) < 4.78 is 1.77.